The SMILES string of the molecule is Cc1nc(C(C)(C)NC(=O)c2ccn(C3CCCNC3)n2)sc1C.Cl.Cl. The lowest BCUT2D eigenvalue weighted by atomic mass is 10.1. The van der Waals surface area contributed by atoms with E-state index in [0.29, 0.717) is 11.7 Å². The van der Waals surface area contributed by atoms with Crippen LogP contribution in [0, 0.1) is 13.8 Å². The second-order valence-corrected chi connectivity index (χ2v) is 8.12. The Kier molecular flexibility index (Phi) is 8.07. The minimum Gasteiger partial charge on any atom is -0.339 e. The number of aromatic nitrogens is 3. The van der Waals surface area contributed by atoms with Gasteiger partial charge in [-0.3, -0.25) is 9.48 Å². The molecule has 1 fully saturated rings. The van der Waals surface area contributed by atoms with Crippen LogP contribution in [-0.4, -0.2) is 33.8 Å². The molecular weight excluding hydrogens is 393 g/mol. The maximum atomic E-state index is 12.6. The Morgan fingerprint density at radius 2 is 2.12 bits per heavy atom. The van der Waals surface area contributed by atoms with Gasteiger partial charge in [0.15, 0.2) is 0 Å². The van der Waals surface area contributed by atoms with Gasteiger partial charge >= 0.3 is 0 Å². The molecule has 6 nitrogen and oxygen atoms in total. The van der Waals surface area contributed by atoms with E-state index in [4.69, 9.17) is 0 Å². The summed E-state index contributed by atoms with van der Waals surface area (Å²) in [5.74, 6) is -0.159. The lowest BCUT2D eigenvalue weighted by molar-refractivity contribution is 0.0905. The van der Waals surface area contributed by atoms with Crippen LogP contribution in [0.3, 0.4) is 0 Å². The number of hydrogen-bond acceptors (Lipinski definition) is 5. The van der Waals surface area contributed by atoms with Gasteiger partial charge in [-0.15, -0.1) is 36.2 Å². The maximum absolute atomic E-state index is 12.6. The molecule has 1 atom stereocenters. The summed E-state index contributed by atoms with van der Waals surface area (Å²) in [5.41, 5.74) is 0.960. The fraction of sp³-hybridized carbons (Fsp3) is 0.588. The van der Waals surface area contributed by atoms with Gasteiger partial charge in [0.05, 0.1) is 17.3 Å². The Morgan fingerprint density at radius 1 is 1.38 bits per heavy atom. The van der Waals surface area contributed by atoms with Gasteiger partial charge in [0.1, 0.15) is 10.7 Å². The molecule has 0 radical (unpaired) electrons. The van der Waals surface area contributed by atoms with Crippen molar-refractivity contribution in [1.29, 1.82) is 0 Å². The number of thiazole rings is 1. The van der Waals surface area contributed by atoms with Crippen molar-refractivity contribution in [2.24, 2.45) is 0 Å². The Bertz CT molecular complexity index is 718. The molecule has 1 aliphatic heterocycles. The highest BCUT2D eigenvalue weighted by Gasteiger charge is 2.28. The predicted molar refractivity (Wildman–Crippen MR) is 110 cm³/mol. The first-order chi connectivity index (χ1) is 11.4. The van der Waals surface area contributed by atoms with Crippen LogP contribution in [0.2, 0.25) is 0 Å². The van der Waals surface area contributed by atoms with E-state index in [9.17, 15) is 4.79 Å². The number of carbonyl (C=O) groups is 1. The second-order valence-electron chi connectivity index (χ2n) is 6.92. The van der Waals surface area contributed by atoms with E-state index in [-0.39, 0.29) is 30.7 Å². The van der Waals surface area contributed by atoms with Crippen LogP contribution in [-0.2, 0) is 5.54 Å². The molecule has 1 unspecified atom stereocenters. The molecule has 0 bridgehead atoms. The summed E-state index contributed by atoms with van der Waals surface area (Å²) in [6.07, 6.45) is 4.14. The molecule has 2 aromatic rings. The number of piperidine rings is 1. The zero-order valence-corrected chi connectivity index (χ0v) is 18.0. The molecule has 3 heterocycles. The van der Waals surface area contributed by atoms with Crippen LogP contribution in [0.4, 0.5) is 0 Å². The number of nitrogens with one attached hydrogen (secondary N) is 2. The van der Waals surface area contributed by atoms with Crippen molar-refractivity contribution in [3.8, 4) is 0 Å². The normalized spacial score (nSPS) is 17.2. The third kappa shape index (κ3) is 4.97. The standard InChI is InChI=1S/C17H25N5OS.2ClH/c1-11-12(2)24-16(19-11)17(3,4)20-15(23)14-7-9-22(21-14)13-6-5-8-18-10-13;;/h7,9,13,18H,5-6,8,10H2,1-4H3,(H,20,23);2*1H. The summed E-state index contributed by atoms with van der Waals surface area (Å²) in [4.78, 5) is 18.4. The zero-order valence-electron chi connectivity index (χ0n) is 15.5. The largest absolute Gasteiger partial charge is 0.339 e. The molecule has 0 spiro atoms. The third-order valence-electron chi connectivity index (χ3n) is 4.48. The van der Waals surface area contributed by atoms with Crippen molar-refractivity contribution in [2.75, 3.05) is 13.1 Å². The lowest BCUT2D eigenvalue weighted by Crippen LogP contribution is -2.41. The molecule has 1 aliphatic rings. The fourth-order valence-electron chi connectivity index (χ4n) is 2.86. The van der Waals surface area contributed by atoms with Gasteiger partial charge in [0.2, 0.25) is 0 Å². The van der Waals surface area contributed by atoms with E-state index < -0.39 is 5.54 Å². The van der Waals surface area contributed by atoms with Crippen molar-refractivity contribution in [2.45, 2.75) is 52.1 Å². The number of rotatable bonds is 4. The number of amides is 1. The molecule has 146 valence electrons. The smallest absolute Gasteiger partial charge is 0.272 e. The van der Waals surface area contributed by atoms with Crippen LogP contribution < -0.4 is 10.6 Å². The molecule has 3 rings (SSSR count). The van der Waals surface area contributed by atoms with E-state index in [1.165, 1.54) is 4.88 Å². The topological polar surface area (TPSA) is 71.8 Å². The van der Waals surface area contributed by atoms with E-state index in [2.05, 4.69) is 20.7 Å². The van der Waals surface area contributed by atoms with Crippen molar-refractivity contribution >= 4 is 42.1 Å². The molecule has 0 aromatic carbocycles. The van der Waals surface area contributed by atoms with E-state index in [0.717, 1.165) is 36.6 Å². The monoisotopic (exact) mass is 419 g/mol. The molecule has 2 N–H and O–H groups in total. The number of hydrogen-bond donors (Lipinski definition) is 2. The highest BCUT2D eigenvalue weighted by Crippen LogP contribution is 2.27. The van der Waals surface area contributed by atoms with Gasteiger partial charge in [0, 0.05) is 17.6 Å². The van der Waals surface area contributed by atoms with E-state index >= 15 is 0 Å². The first-order valence-electron chi connectivity index (χ1n) is 8.40. The Morgan fingerprint density at radius 3 is 2.69 bits per heavy atom. The van der Waals surface area contributed by atoms with Crippen LogP contribution in [0.15, 0.2) is 12.3 Å². The van der Waals surface area contributed by atoms with Crippen molar-refractivity contribution < 1.29 is 4.79 Å². The van der Waals surface area contributed by atoms with Gasteiger partial charge in [0.25, 0.3) is 5.91 Å². The number of carbonyl (C=O) groups excluding carboxylic acids is 1. The zero-order chi connectivity index (χ0) is 17.3. The van der Waals surface area contributed by atoms with Gasteiger partial charge in [-0.2, -0.15) is 5.10 Å². The molecular formula is C17H27Cl2N5OS. The van der Waals surface area contributed by atoms with Crippen LogP contribution >= 0.6 is 36.2 Å². The highest BCUT2D eigenvalue weighted by atomic mass is 35.5. The van der Waals surface area contributed by atoms with Crippen LogP contribution in [0.1, 0.15) is 58.8 Å². The third-order valence-corrected chi connectivity index (χ3v) is 5.87. The molecule has 1 saturated heterocycles. The summed E-state index contributed by atoms with van der Waals surface area (Å²) in [5, 5.41) is 11.8. The van der Waals surface area contributed by atoms with Gasteiger partial charge < -0.3 is 10.6 Å². The summed E-state index contributed by atoms with van der Waals surface area (Å²) in [6, 6.07) is 2.12. The van der Waals surface area contributed by atoms with Crippen LogP contribution in [0.25, 0.3) is 0 Å². The fourth-order valence-corrected chi connectivity index (χ4v) is 3.84. The minimum atomic E-state index is -0.517. The number of aryl methyl sites for hydroxylation is 2. The average molecular weight is 420 g/mol. The Balaban J connectivity index is 0.00000169. The Labute approximate surface area is 171 Å². The first-order valence-corrected chi connectivity index (χ1v) is 9.21. The highest BCUT2D eigenvalue weighted by molar-refractivity contribution is 7.11. The lowest BCUT2D eigenvalue weighted by Gasteiger charge is -2.24. The quantitative estimate of drug-likeness (QED) is 0.796. The molecule has 2 aromatic heterocycles. The number of nitrogens with zero attached hydrogens (tertiary/aromatic N) is 3. The molecule has 26 heavy (non-hydrogen) atoms. The average Bonchev–Trinajstić information content (AvgIpc) is 3.16. The van der Waals surface area contributed by atoms with Crippen molar-refractivity contribution in [3.63, 3.8) is 0 Å². The van der Waals surface area contributed by atoms with Crippen LogP contribution in [0.5, 0.6) is 0 Å². The van der Waals surface area contributed by atoms with Gasteiger partial charge in [-0.05, 0) is 53.1 Å². The van der Waals surface area contributed by atoms with E-state index in [1.807, 2.05) is 38.6 Å². The van der Waals surface area contributed by atoms with Gasteiger partial charge in [-0.25, -0.2) is 4.98 Å². The van der Waals surface area contributed by atoms with E-state index in [1.54, 1.807) is 17.4 Å². The molecule has 1 amide bonds. The summed E-state index contributed by atoms with van der Waals surface area (Å²) >= 11 is 1.63. The molecule has 9 heteroatoms. The minimum absolute atomic E-state index is 0. The van der Waals surface area contributed by atoms with Gasteiger partial charge in [-0.1, -0.05) is 0 Å². The summed E-state index contributed by atoms with van der Waals surface area (Å²) < 4.78 is 1.91. The predicted octanol–water partition coefficient (Wildman–Crippen LogP) is 3.39. The Hall–Kier alpha value is -1.15. The number of halogens is 2. The second kappa shape index (κ2) is 9.17. The first kappa shape index (κ1) is 22.9. The van der Waals surface area contributed by atoms with Crippen molar-refractivity contribution in [3.05, 3.63) is 33.5 Å². The maximum Gasteiger partial charge on any atom is 0.272 e. The van der Waals surface area contributed by atoms with Crippen molar-refractivity contribution in [1.82, 2.24) is 25.4 Å². The molecule has 0 saturated carbocycles. The summed E-state index contributed by atoms with van der Waals surface area (Å²) in [7, 11) is 0. The summed E-state index contributed by atoms with van der Waals surface area (Å²) in [6.45, 7) is 9.97. The molecule has 0 aliphatic carbocycles.